The number of carbonyl (C=O) groups is 1. The number of halogens is 5. The van der Waals surface area contributed by atoms with Gasteiger partial charge in [-0.3, -0.25) is 4.79 Å². The molecule has 6 rings (SSSR count). The maximum absolute atomic E-state index is 17.1. The van der Waals surface area contributed by atoms with Gasteiger partial charge in [0.2, 0.25) is 11.7 Å². The quantitative estimate of drug-likeness (QED) is 0.178. The molecule has 2 aromatic carbocycles. The van der Waals surface area contributed by atoms with Gasteiger partial charge in [-0.25, -0.2) is 13.8 Å². The molecule has 2 N–H and O–H groups in total. The van der Waals surface area contributed by atoms with Gasteiger partial charge in [-0.05, 0) is 64.4 Å². The maximum Gasteiger partial charge on any atom is 0.450 e. The van der Waals surface area contributed by atoms with Crippen LogP contribution in [0.1, 0.15) is 32.3 Å². The first kappa shape index (κ1) is 35.0. The number of anilines is 1. The van der Waals surface area contributed by atoms with Crippen LogP contribution < -0.4 is 19.7 Å². The first-order chi connectivity index (χ1) is 23.6. The van der Waals surface area contributed by atoms with Crippen molar-refractivity contribution in [3.63, 3.8) is 0 Å². The number of pyridine rings is 1. The van der Waals surface area contributed by atoms with E-state index in [2.05, 4.69) is 26.2 Å². The molecule has 2 bridgehead atoms. The zero-order chi connectivity index (χ0) is 36.1. The van der Waals surface area contributed by atoms with Crippen LogP contribution >= 0.6 is 0 Å². The Kier molecular flexibility index (Phi) is 9.45. The lowest BCUT2D eigenvalue weighted by atomic mass is 9.82. The van der Waals surface area contributed by atoms with Gasteiger partial charge in [0.05, 0.1) is 11.7 Å². The van der Waals surface area contributed by atoms with Crippen LogP contribution in [0.5, 0.6) is 17.6 Å². The Morgan fingerprint density at radius 1 is 1.12 bits per heavy atom. The first-order valence-corrected chi connectivity index (χ1v) is 16.0. The van der Waals surface area contributed by atoms with Crippen molar-refractivity contribution in [3.05, 3.63) is 41.5 Å². The molecule has 2 unspecified atom stereocenters. The van der Waals surface area contributed by atoms with Crippen molar-refractivity contribution in [1.82, 2.24) is 25.2 Å². The summed E-state index contributed by atoms with van der Waals surface area (Å²) in [4.78, 5) is 29.5. The number of nitrogens with one attached hydrogen (secondary N) is 1. The Balaban J connectivity index is 1.55. The summed E-state index contributed by atoms with van der Waals surface area (Å²) in [7, 11) is 3.68. The number of Topliss-reactive ketones (excluding diaryl/α,β-unsaturated/α-hetero) is 1. The molecule has 2 atom stereocenters. The number of piperazine rings is 1. The second kappa shape index (κ2) is 13.5. The summed E-state index contributed by atoms with van der Waals surface area (Å²) in [6.07, 6.45) is 0.166. The lowest BCUT2D eigenvalue weighted by molar-refractivity contribution is -0.177. The third-order valence-corrected chi connectivity index (χ3v) is 8.72. The van der Waals surface area contributed by atoms with Gasteiger partial charge in [-0.2, -0.15) is 23.1 Å². The number of benzene rings is 2. The molecule has 0 amide bonds. The van der Waals surface area contributed by atoms with E-state index >= 15 is 4.39 Å². The smallest absolute Gasteiger partial charge is 0.450 e. The fraction of sp³-hybridized carbons (Fsp3) is 0.429. The summed E-state index contributed by atoms with van der Waals surface area (Å²) < 4.78 is 84.0. The molecule has 4 aromatic rings. The number of alkyl halides is 3. The minimum Gasteiger partial charge on any atom is -0.508 e. The average Bonchev–Trinajstić information content (AvgIpc) is 3.03. The van der Waals surface area contributed by atoms with Crippen LogP contribution in [0.15, 0.2) is 24.3 Å². The monoisotopic (exact) mass is 698 g/mol. The molecule has 15 heteroatoms. The number of fused-ring (bicyclic) bond motifs is 4. The molecule has 10 nitrogen and oxygen atoms in total. The van der Waals surface area contributed by atoms with E-state index in [-0.39, 0.29) is 89.1 Å². The van der Waals surface area contributed by atoms with Crippen molar-refractivity contribution in [3.8, 4) is 41.2 Å². The van der Waals surface area contributed by atoms with Crippen molar-refractivity contribution >= 4 is 33.3 Å². The molecular formula is C35H35F5N6O4. The summed E-state index contributed by atoms with van der Waals surface area (Å²) >= 11 is 0. The van der Waals surface area contributed by atoms with Gasteiger partial charge in [0.1, 0.15) is 40.6 Å². The molecule has 0 aliphatic carbocycles. The minimum atomic E-state index is -4.94. The van der Waals surface area contributed by atoms with E-state index in [0.717, 1.165) is 6.07 Å². The number of likely N-dealkylation sites (N-methyl/N-ethyl adjacent to an activating group) is 1. The number of ether oxygens (including phenoxy) is 2. The number of piperidine rings is 1. The predicted octanol–water partition coefficient (Wildman–Crippen LogP) is 5.23. The van der Waals surface area contributed by atoms with Gasteiger partial charge in [-0.15, -0.1) is 6.42 Å². The molecule has 0 spiro atoms. The number of aromatic hydroxyl groups is 1. The number of aromatic nitrogens is 3. The van der Waals surface area contributed by atoms with Crippen molar-refractivity contribution in [2.75, 3.05) is 45.2 Å². The maximum atomic E-state index is 17.1. The lowest BCUT2D eigenvalue weighted by Gasteiger charge is -2.45. The summed E-state index contributed by atoms with van der Waals surface area (Å²) in [6, 6.07) is 3.96. The van der Waals surface area contributed by atoms with E-state index in [0.29, 0.717) is 11.9 Å². The molecule has 2 fully saturated rings. The topological polar surface area (TPSA) is 113 Å². The molecule has 264 valence electrons. The number of ketones is 1. The number of hydrogen-bond donors (Lipinski definition) is 2. The summed E-state index contributed by atoms with van der Waals surface area (Å²) in [5.74, 6) is -2.44. The summed E-state index contributed by atoms with van der Waals surface area (Å²) in [5.41, 5.74) is -0.742. The Hall–Kier alpha value is -4.81. The Bertz CT molecular complexity index is 2000. The van der Waals surface area contributed by atoms with E-state index in [1.165, 1.54) is 18.2 Å². The highest BCUT2D eigenvalue weighted by Crippen LogP contribution is 2.43. The third kappa shape index (κ3) is 6.82. The number of phenols is 1. The number of nitrogens with zero attached hydrogens (tertiary/aromatic N) is 5. The van der Waals surface area contributed by atoms with Crippen molar-refractivity contribution in [2.45, 2.75) is 51.1 Å². The molecular weight excluding hydrogens is 663 g/mol. The molecule has 2 aromatic heterocycles. The highest BCUT2D eigenvalue weighted by molar-refractivity contribution is 6.04. The van der Waals surface area contributed by atoms with Gasteiger partial charge < -0.3 is 29.7 Å². The normalized spacial score (nSPS) is 19.3. The van der Waals surface area contributed by atoms with Gasteiger partial charge >= 0.3 is 12.2 Å². The van der Waals surface area contributed by atoms with Gasteiger partial charge in [0.15, 0.2) is 5.82 Å². The van der Waals surface area contributed by atoms with Crippen LogP contribution in [0.4, 0.5) is 27.8 Å². The molecule has 0 saturated carbocycles. The Morgan fingerprint density at radius 2 is 1.82 bits per heavy atom. The molecule has 2 saturated heterocycles. The molecule has 50 heavy (non-hydrogen) atoms. The van der Waals surface area contributed by atoms with E-state index in [1.54, 1.807) is 18.7 Å². The highest BCUT2D eigenvalue weighted by Gasteiger charge is 2.48. The second-order valence-electron chi connectivity index (χ2n) is 13.1. The summed E-state index contributed by atoms with van der Waals surface area (Å²) in [6.45, 7) is 4.35. The van der Waals surface area contributed by atoms with Gasteiger partial charge in [0.25, 0.3) is 0 Å². The van der Waals surface area contributed by atoms with Crippen LogP contribution in [0, 0.1) is 29.9 Å². The molecule has 2 aliphatic rings. The molecule has 4 heterocycles. The standard InChI is InChI=1S/C35H35F5N6O4/c1-6-23-25(36)8-7-18-13-22(47)14-24(26(18)23)29-28(37)30-27(33(42-29)50-17(2)3)32(44-34(43-30)49-10-9-45(4)5)46-15-20-11-19(12-21(16-46)41-20)31(48)35(38,39)40/h1,7-8,13-14,17,19-21,41,47H,9-12,15-16H2,2-5H3. The number of carbonyl (C=O) groups excluding carboxylic acids is 1. The van der Waals surface area contributed by atoms with Gasteiger partial charge in [0, 0.05) is 48.6 Å². The number of rotatable bonds is 9. The molecule has 0 radical (unpaired) electrons. The van der Waals surface area contributed by atoms with E-state index < -0.39 is 47.7 Å². The SMILES string of the molecule is C#Cc1c(F)ccc2cc(O)cc(-c3nc(OC(C)C)c4c(N5CC6CC(C(=O)C(F)(F)F)CC(C5)N6)nc(OCCN(C)C)nc4c3F)c12. The largest absolute Gasteiger partial charge is 0.508 e. The zero-order valence-corrected chi connectivity index (χ0v) is 27.7. The third-order valence-electron chi connectivity index (χ3n) is 8.72. The van der Waals surface area contributed by atoms with Gasteiger partial charge in [-0.1, -0.05) is 12.0 Å². The fourth-order valence-corrected chi connectivity index (χ4v) is 6.69. The second-order valence-corrected chi connectivity index (χ2v) is 13.1. The summed E-state index contributed by atoms with van der Waals surface area (Å²) in [5, 5.41) is 14.5. The van der Waals surface area contributed by atoms with E-state index in [4.69, 9.17) is 15.9 Å². The van der Waals surface area contributed by atoms with Crippen molar-refractivity contribution < 1.29 is 41.3 Å². The van der Waals surface area contributed by atoms with Crippen LogP contribution in [-0.4, -0.2) is 95.4 Å². The number of phenolic OH excluding ortho intramolecular Hbond substituents is 1. The van der Waals surface area contributed by atoms with E-state index in [9.17, 15) is 27.5 Å². The average molecular weight is 699 g/mol. The van der Waals surface area contributed by atoms with Crippen LogP contribution in [0.25, 0.3) is 32.9 Å². The zero-order valence-electron chi connectivity index (χ0n) is 27.7. The number of hydrogen-bond acceptors (Lipinski definition) is 10. The lowest BCUT2D eigenvalue weighted by Crippen LogP contribution is -2.62. The van der Waals surface area contributed by atoms with Crippen molar-refractivity contribution in [2.24, 2.45) is 5.92 Å². The fourth-order valence-electron chi connectivity index (χ4n) is 6.69. The Labute approximate surface area is 284 Å². The number of terminal acetylenes is 1. The Morgan fingerprint density at radius 3 is 2.44 bits per heavy atom. The molecule has 2 aliphatic heterocycles. The van der Waals surface area contributed by atoms with Crippen LogP contribution in [0.2, 0.25) is 0 Å². The van der Waals surface area contributed by atoms with Crippen LogP contribution in [-0.2, 0) is 4.79 Å². The minimum absolute atomic E-state index is 0.00669. The first-order valence-electron chi connectivity index (χ1n) is 16.0. The van der Waals surface area contributed by atoms with Crippen molar-refractivity contribution in [1.29, 1.82) is 0 Å². The van der Waals surface area contributed by atoms with Crippen LogP contribution in [0.3, 0.4) is 0 Å². The predicted molar refractivity (Wildman–Crippen MR) is 176 cm³/mol. The van der Waals surface area contributed by atoms with E-state index in [1.807, 2.05) is 19.0 Å². The highest BCUT2D eigenvalue weighted by atomic mass is 19.4.